The van der Waals surface area contributed by atoms with Crippen LogP contribution in [0, 0.1) is 0 Å². The molecular formula is C26H28O15. The number of phenols is 3. The minimum absolute atomic E-state index is 0.0889. The van der Waals surface area contributed by atoms with E-state index in [1.807, 2.05) is 0 Å². The minimum Gasteiger partial charge on any atom is -0.504 e. The zero-order valence-electron chi connectivity index (χ0n) is 21.3. The number of aliphatic hydroxyl groups is 6. The highest BCUT2D eigenvalue weighted by Gasteiger charge is 2.43. The molecule has 41 heavy (non-hydrogen) atoms. The monoisotopic (exact) mass is 580 g/mol. The van der Waals surface area contributed by atoms with Gasteiger partial charge in [0.25, 0.3) is 0 Å². The maximum atomic E-state index is 12.8. The minimum atomic E-state index is -1.71. The van der Waals surface area contributed by atoms with Gasteiger partial charge >= 0.3 is 0 Å². The Kier molecular flexibility index (Phi) is 7.71. The van der Waals surface area contributed by atoms with Crippen molar-refractivity contribution in [1.82, 2.24) is 0 Å². The number of hydrogen-bond donors (Lipinski definition) is 9. The molecule has 2 aliphatic heterocycles. The topological polar surface area (TPSA) is 249 Å². The Labute approximate surface area is 230 Å². The van der Waals surface area contributed by atoms with Crippen LogP contribution in [0.3, 0.4) is 0 Å². The highest BCUT2D eigenvalue weighted by Crippen LogP contribution is 2.43. The van der Waals surface area contributed by atoms with Crippen molar-refractivity contribution in [3.8, 4) is 40.1 Å². The van der Waals surface area contributed by atoms with Crippen molar-refractivity contribution in [2.24, 2.45) is 0 Å². The fourth-order valence-electron chi connectivity index (χ4n) is 4.52. The molecule has 9 atom stereocenters. The van der Waals surface area contributed by atoms with Crippen molar-refractivity contribution in [2.45, 2.75) is 62.2 Å². The first kappa shape index (κ1) is 28.8. The molecule has 222 valence electrons. The first-order chi connectivity index (χ1) is 19.4. The summed E-state index contributed by atoms with van der Waals surface area (Å²) < 4.78 is 27.1. The highest BCUT2D eigenvalue weighted by molar-refractivity contribution is 5.89. The van der Waals surface area contributed by atoms with E-state index in [4.69, 9.17) is 23.4 Å². The number of aliphatic hydroxyl groups excluding tert-OH is 6. The lowest BCUT2D eigenvalue weighted by Crippen LogP contribution is -2.58. The summed E-state index contributed by atoms with van der Waals surface area (Å²) in [4.78, 5) is 12.8. The van der Waals surface area contributed by atoms with Crippen LogP contribution < -0.4 is 14.9 Å². The van der Waals surface area contributed by atoms with Gasteiger partial charge in [0.2, 0.25) is 18.3 Å². The van der Waals surface area contributed by atoms with E-state index in [0.29, 0.717) is 0 Å². The van der Waals surface area contributed by atoms with Crippen LogP contribution >= 0.6 is 0 Å². The molecular weight excluding hydrogens is 552 g/mol. The van der Waals surface area contributed by atoms with Crippen molar-refractivity contribution in [3.05, 3.63) is 40.6 Å². The molecule has 2 aliphatic rings. The smallest absolute Gasteiger partial charge is 0.229 e. The molecule has 0 aliphatic carbocycles. The molecule has 0 spiro atoms. The average Bonchev–Trinajstić information content (AvgIpc) is 2.94. The lowest BCUT2D eigenvalue weighted by molar-refractivity contribution is -0.268. The number of ether oxygens (including phenoxy) is 4. The molecule has 3 heterocycles. The van der Waals surface area contributed by atoms with Gasteiger partial charge in [-0.3, -0.25) is 4.79 Å². The summed E-state index contributed by atoms with van der Waals surface area (Å²) in [5.41, 5.74) is -0.863. The Balaban J connectivity index is 1.44. The lowest BCUT2D eigenvalue weighted by Gasteiger charge is -2.38. The van der Waals surface area contributed by atoms with Crippen LogP contribution in [-0.2, 0) is 9.47 Å². The summed E-state index contributed by atoms with van der Waals surface area (Å²) in [6, 6.07) is 5.87. The second-order valence-corrected chi connectivity index (χ2v) is 9.77. The quantitative estimate of drug-likeness (QED) is 0.157. The molecule has 2 aromatic carbocycles. The Hall–Kier alpha value is -3.67. The number of fused-ring (bicyclic) bond motifs is 1. The van der Waals surface area contributed by atoms with Crippen molar-refractivity contribution in [3.63, 3.8) is 0 Å². The Bertz CT molecular complexity index is 1490. The van der Waals surface area contributed by atoms with E-state index in [2.05, 4.69) is 0 Å². The van der Waals surface area contributed by atoms with Crippen LogP contribution in [0.25, 0.3) is 22.3 Å². The lowest BCUT2D eigenvalue weighted by atomic mass is 10.00. The van der Waals surface area contributed by atoms with Gasteiger partial charge in [-0.15, -0.1) is 0 Å². The third-order valence-electron chi connectivity index (χ3n) is 6.92. The molecule has 3 aromatic rings. The zero-order valence-corrected chi connectivity index (χ0v) is 21.3. The van der Waals surface area contributed by atoms with Gasteiger partial charge in [0.05, 0.1) is 12.7 Å². The van der Waals surface area contributed by atoms with Crippen molar-refractivity contribution in [2.75, 3.05) is 6.61 Å². The summed E-state index contributed by atoms with van der Waals surface area (Å²) in [7, 11) is 0. The second-order valence-electron chi connectivity index (χ2n) is 9.77. The van der Waals surface area contributed by atoms with E-state index in [0.717, 1.165) is 12.1 Å². The van der Waals surface area contributed by atoms with Crippen LogP contribution in [0.2, 0.25) is 0 Å². The maximum Gasteiger partial charge on any atom is 0.229 e. The van der Waals surface area contributed by atoms with Crippen LogP contribution in [0.1, 0.15) is 6.92 Å². The zero-order chi connectivity index (χ0) is 29.7. The van der Waals surface area contributed by atoms with Gasteiger partial charge in [-0.25, -0.2) is 0 Å². The van der Waals surface area contributed by atoms with E-state index < -0.39 is 89.1 Å². The third kappa shape index (κ3) is 5.25. The van der Waals surface area contributed by atoms with E-state index in [-0.39, 0.29) is 29.3 Å². The molecule has 5 rings (SSSR count). The van der Waals surface area contributed by atoms with Crippen molar-refractivity contribution in [1.29, 1.82) is 0 Å². The summed E-state index contributed by atoms with van der Waals surface area (Å²) >= 11 is 0. The van der Waals surface area contributed by atoms with Crippen LogP contribution in [0.5, 0.6) is 28.7 Å². The van der Waals surface area contributed by atoms with Gasteiger partial charge in [0.15, 0.2) is 28.4 Å². The number of benzene rings is 2. The number of phenolic OH excluding ortho intramolecular Hbond substituents is 3. The van der Waals surface area contributed by atoms with Crippen molar-refractivity contribution < 1.29 is 69.3 Å². The van der Waals surface area contributed by atoms with E-state index in [1.165, 1.54) is 25.1 Å². The third-order valence-corrected chi connectivity index (χ3v) is 6.92. The largest absolute Gasteiger partial charge is 0.504 e. The van der Waals surface area contributed by atoms with E-state index in [9.17, 15) is 50.8 Å². The summed E-state index contributed by atoms with van der Waals surface area (Å²) in [6.45, 7) is 1.08. The average molecular weight is 580 g/mol. The first-order valence-corrected chi connectivity index (χ1v) is 12.4. The highest BCUT2D eigenvalue weighted by atomic mass is 16.7. The summed E-state index contributed by atoms with van der Waals surface area (Å²) in [5, 5.41) is 90.6. The van der Waals surface area contributed by atoms with Gasteiger partial charge in [0, 0.05) is 17.7 Å². The molecule has 0 bridgehead atoms. The predicted molar refractivity (Wildman–Crippen MR) is 134 cm³/mol. The van der Waals surface area contributed by atoms with Gasteiger partial charge in [0.1, 0.15) is 53.4 Å². The number of hydrogen-bond acceptors (Lipinski definition) is 15. The SMILES string of the molecule is C[C@@H]1O[C@@H](Oc2ccc(-c3cc(=O)c4c(O)c(O)c(O[C@@H]5OC[C@H](O)[C@H](O)[C@H]5O)cc4o3)cc2O)[C@H](O)[C@H](O)[C@H]1O. The van der Waals surface area contributed by atoms with E-state index >= 15 is 0 Å². The standard InChI is InChI=1S/C26H28O15/c1-8-18(30)22(34)24(36)26(38-8)40-13-3-2-9(4-10(13)27)14-5-11(28)17-15(39-14)6-16(20(32)21(17)33)41-25-23(35)19(31)12(29)7-37-25/h2-6,8,12,18-19,22-27,29-36H,7H2,1H3/t8-,12-,18-,19-,22+,23+,24+,25-,26-/m0/s1. The fraction of sp³-hybridized carbons (Fsp3) is 0.423. The number of rotatable bonds is 5. The van der Waals surface area contributed by atoms with Crippen LogP contribution in [0.15, 0.2) is 39.5 Å². The van der Waals surface area contributed by atoms with Gasteiger partial charge < -0.3 is 69.3 Å². The summed E-state index contributed by atoms with van der Waals surface area (Å²) in [6.07, 6.45) is -13.0. The Morgan fingerprint density at radius 1 is 0.780 bits per heavy atom. The number of aromatic hydroxyl groups is 3. The molecule has 9 N–H and O–H groups in total. The van der Waals surface area contributed by atoms with Crippen LogP contribution in [-0.4, -0.2) is 108 Å². The van der Waals surface area contributed by atoms with E-state index in [1.54, 1.807) is 0 Å². The summed E-state index contributed by atoms with van der Waals surface area (Å²) in [5.74, 6) is -2.93. The molecule has 15 heteroatoms. The Morgan fingerprint density at radius 3 is 2.17 bits per heavy atom. The maximum absolute atomic E-state index is 12.8. The van der Waals surface area contributed by atoms with Gasteiger partial charge in [-0.05, 0) is 25.1 Å². The molecule has 0 amide bonds. The molecule has 15 nitrogen and oxygen atoms in total. The molecule has 2 saturated heterocycles. The van der Waals surface area contributed by atoms with Crippen LogP contribution in [0.4, 0.5) is 0 Å². The molecule has 1 aromatic heterocycles. The molecule has 2 fully saturated rings. The normalized spacial score (nSPS) is 32.1. The second kappa shape index (κ2) is 11.0. The van der Waals surface area contributed by atoms with Gasteiger partial charge in [-0.2, -0.15) is 0 Å². The molecule has 0 radical (unpaired) electrons. The molecule has 0 unspecified atom stereocenters. The van der Waals surface area contributed by atoms with Gasteiger partial charge in [-0.1, -0.05) is 0 Å². The predicted octanol–water partition coefficient (Wildman–Crippen LogP) is -1.40. The molecule has 0 saturated carbocycles. The fourth-order valence-corrected chi connectivity index (χ4v) is 4.52. The Morgan fingerprint density at radius 2 is 1.46 bits per heavy atom. The first-order valence-electron chi connectivity index (χ1n) is 12.4. The van der Waals surface area contributed by atoms with Crippen molar-refractivity contribution >= 4 is 11.0 Å².